The number of hydrogen-bond acceptors (Lipinski definition) is 4. The van der Waals surface area contributed by atoms with Crippen molar-refractivity contribution in [3.8, 4) is 5.40 Å². The Balaban J connectivity index is 1.32. The summed E-state index contributed by atoms with van der Waals surface area (Å²) in [5.74, 6) is 4.14. The van der Waals surface area contributed by atoms with Gasteiger partial charge < -0.3 is 4.74 Å². The van der Waals surface area contributed by atoms with Gasteiger partial charge in [-0.2, -0.15) is 5.26 Å². The second-order valence-electron chi connectivity index (χ2n) is 14.8. The molecule has 0 bridgehead atoms. The number of halogens is 1. The number of fused-ring (bicyclic) bond motifs is 5. The van der Waals surface area contributed by atoms with E-state index < -0.39 is 0 Å². The summed E-state index contributed by atoms with van der Waals surface area (Å²) < 4.78 is 7.21. The van der Waals surface area contributed by atoms with E-state index in [2.05, 4.69) is 62.6 Å². The monoisotopic (exact) mass is 675 g/mol. The third kappa shape index (κ3) is 5.40. The van der Waals surface area contributed by atoms with Crippen molar-refractivity contribution < 1.29 is 9.53 Å². The van der Waals surface area contributed by atoms with Crippen molar-refractivity contribution in [1.29, 1.82) is 5.26 Å². The zero-order valence-corrected chi connectivity index (χ0v) is 28.4. The zero-order chi connectivity index (χ0) is 28.7. The summed E-state index contributed by atoms with van der Waals surface area (Å²) in [6.07, 6.45) is 14.6. The van der Waals surface area contributed by atoms with Gasteiger partial charge in [-0.1, -0.05) is 59.9 Å². The predicted octanol–water partition coefficient (Wildman–Crippen LogP) is 10.3. The molecular weight excluding hydrogens is 625 g/mol. The number of ether oxygens (including phenoxy) is 1. The van der Waals surface area contributed by atoms with Crippen LogP contribution < -0.4 is 0 Å². The molecule has 4 saturated carbocycles. The van der Waals surface area contributed by atoms with Crippen molar-refractivity contribution in [2.75, 3.05) is 0 Å². The molecular formula is C35H50INO2S. The fourth-order valence-electron chi connectivity index (χ4n) is 10.4. The molecule has 0 aromatic heterocycles. The highest BCUT2D eigenvalue weighted by Gasteiger charge is 2.68. The van der Waals surface area contributed by atoms with Crippen molar-refractivity contribution >= 4 is 40.3 Å². The summed E-state index contributed by atoms with van der Waals surface area (Å²) in [5, 5.41) is 12.9. The second kappa shape index (κ2) is 12.1. The minimum atomic E-state index is -0.185. The average Bonchev–Trinajstić information content (AvgIpc) is 3.26. The van der Waals surface area contributed by atoms with Gasteiger partial charge in [0.1, 0.15) is 11.5 Å². The van der Waals surface area contributed by atoms with Crippen LogP contribution in [0.5, 0.6) is 0 Å². The maximum atomic E-state index is 13.0. The molecule has 5 heteroatoms. The Morgan fingerprint density at radius 1 is 1.07 bits per heavy atom. The van der Waals surface area contributed by atoms with E-state index in [1.165, 1.54) is 57.8 Å². The number of rotatable bonds is 8. The van der Waals surface area contributed by atoms with Crippen LogP contribution in [0.2, 0.25) is 0 Å². The smallest absolute Gasteiger partial charge is 0.338 e. The molecule has 0 saturated heterocycles. The summed E-state index contributed by atoms with van der Waals surface area (Å²) in [7, 11) is 0. The van der Waals surface area contributed by atoms with Gasteiger partial charge in [0.05, 0.1) is 5.56 Å². The standard InChI is InChI=1S/C35H50INO2S/c1-23(2)8-6-9-24(3)29-14-15-30-31-13-12-26-21-28(39-32(38)25-10-7-11-27(36)20-25)16-17-34(26,5)35(31,40-22-37)19-18-33(29,30)4/h7,10-11,20,23-24,26,28-31H,6,8-9,12-19,21H2,1-5H3/t24-,26+,28-,29-,30+,31+,33-,34+,35-/m1/s1. The maximum absolute atomic E-state index is 13.0. The number of nitrogens with zero attached hydrogens (tertiary/aromatic N) is 1. The summed E-state index contributed by atoms with van der Waals surface area (Å²) in [5.41, 5.74) is 1.20. The fraction of sp³-hybridized carbons (Fsp3) is 0.771. The lowest BCUT2D eigenvalue weighted by Gasteiger charge is -2.66. The zero-order valence-electron chi connectivity index (χ0n) is 25.4. The summed E-state index contributed by atoms with van der Waals surface area (Å²) >= 11 is 3.90. The van der Waals surface area contributed by atoms with Crippen LogP contribution in [0.15, 0.2) is 24.3 Å². The number of carbonyl (C=O) groups is 1. The van der Waals surface area contributed by atoms with Gasteiger partial charge in [-0.05, 0) is 157 Å². The van der Waals surface area contributed by atoms with Gasteiger partial charge in [0.25, 0.3) is 0 Å². The highest BCUT2D eigenvalue weighted by atomic mass is 127. The number of hydrogen-bond donors (Lipinski definition) is 0. The van der Waals surface area contributed by atoms with Gasteiger partial charge >= 0.3 is 5.97 Å². The second-order valence-corrected chi connectivity index (χ2v) is 17.2. The predicted molar refractivity (Wildman–Crippen MR) is 174 cm³/mol. The molecule has 1 aromatic rings. The van der Waals surface area contributed by atoms with E-state index in [-0.39, 0.29) is 22.2 Å². The van der Waals surface area contributed by atoms with Crippen molar-refractivity contribution in [3.63, 3.8) is 0 Å². The molecule has 4 fully saturated rings. The molecule has 0 radical (unpaired) electrons. The van der Waals surface area contributed by atoms with Crippen LogP contribution in [0.3, 0.4) is 0 Å². The Morgan fingerprint density at radius 2 is 1.85 bits per heavy atom. The Kier molecular flexibility index (Phi) is 9.29. The highest BCUT2D eigenvalue weighted by Crippen LogP contribution is 2.73. The molecule has 0 amide bonds. The number of thioether (sulfide) groups is 1. The highest BCUT2D eigenvalue weighted by molar-refractivity contribution is 14.1. The summed E-state index contributed by atoms with van der Waals surface area (Å²) in [6, 6.07) is 7.71. The third-order valence-electron chi connectivity index (χ3n) is 12.5. The first-order valence-electron chi connectivity index (χ1n) is 16.1. The minimum Gasteiger partial charge on any atom is -0.459 e. The SMILES string of the molecule is CC(C)CCC[C@@H](C)[C@H]1CC[C@H]2[C@@H]3CC[C@H]4C[C@H](OC(=O)c5cccc(I)c5)CC[C@]4(C)[C@@]3(SC#N)CC[C@]12C. The molecule has 0 N–H and O–H groups in total. The average molecular weight is 676 g/mol. The summed E-state index contributed by atoms with van der Waals surface area (Å²) in [4.78, 5) is 13.0. The van der Waals surface area contributed by atoms with Gasteiger partial charge in [-0.3, -0.25) is 0 Å². The number of carbonyl (C=O) groups excluding carboxylic acids is 1. The fourth-order valence-corrected chi connectivity index (χ4v) is 12.3. The molecule has 0 spiro atoms. The number of thiocyanates is 1. The Labute approximate surface area is 261 Å². The Morgan fingerprint density at radius 3 is 2.58 bits per heavy atom. The summed E-state index contributed by atoms with van der Waals surface area (Å²) in [6.45, 7) is 12.4. The minimum absolute atomic E-state index is 0.0134. The lowest BCUT2D eigenvalue weighted by atomic mass is 9.43. The first-order valence-corrected chi connectivity index (χ1v) is 18.0. The molecule has 40 heavy (non-hydrogen) atoms. The quantitative estimate of drug-likeness (QED) is 0.156. The van der Waals surface area contributed by atoms with Crippen LogP contribution >= 0.6 is 34.4 Å². The van der Waals surface area contributed by atoms with Crippen LogP contribution in [0.25, 0.3) is 0 Å². The van der Waals surface area contributed by atoms with Crippen LogP contribution in [-0.2, 0) is 4.74 Å². The molecule has 3 nitrogen and oxygen atoms in total. The number of benzene rings is 1. The molecule has 0 aliphatic heterocycles. The van der Waals surface area contributed by atoms with E-state index in [1.54, 1.807) is 11.8 Å². The van der Waals surface area contributed by atoms with Gasteiger partial charge in [0.2, 0.25) is 0 Å². The number of esters is 1. The maximum Gasteiger partial charge on any atom is 0.338 e. The lowest BCUT2D eigenvalue weighted by Crippen LogP contribution is -2.64. The van der Waals surface area contributed by atoms with E-state index in [9.17, 15) is 10.1 Å². The first-order chi connectivity index (χ1) is 19.0. The van der Waals surface area contributed by atoms with E-state index in [0.717, 1.165) is 46.5 Å². The molecule has 0 heterocycles. The van der Waals surface area contributed by atoms with Gasteiger partial charge in [-0.25, -0.2) is 4.79 Å². The van der Waals surface area contributed by atoms with Crippen LogP contribution in [0.4, 0.5) is 0 Å². The molecule has 0 unspecified atom stereocenters. The Bertz CT molecular complexity index is 1120. The van der Waals surface area contributed by atoms with Crippen LogP contribution in [-0.4, -0.2) is 16.8 Å². The van der Waals surface area contributed by atoms with Crippen molar-refractivity contribution in [2.45, 2.75) is 123 Å². The van der Waals surface area contributed by atoms with Crippen LogP contribution in [0, 0.1) is 60.6 Å². The van der Waals surface area contributed by atoms with Gasteiger partial charge in [-0.15, -0.1) is 0 Å². The van der Waals surface area contributed by atoms with E-state index in [0.29, 0.717) is 22.8 Å². The first kappa shape index (κ1) is 30.7. The Hall–Kier alpha value is -0.740. The lowest BCUT2D eigenvalue weighted by molar-refractivity contribution is -0.111. The molecule has 4 aliphatic rings. The van der Waals surface area contributed by atoms with Crippen molar-refractivity contribution in [3.05, 3.63) is 33.4 Å². The van der Waals surface area contributed by atoms with E-state index in [4.69, 9.17) is 4.74 Å². The van der Waals surface area contributed by atoms with Crippen molar-refractivity contribution in [1.82, 2.24) is 0 Å². The largest absolute Gasteiger partial charge is 0.459 e. The van der Waals surface area contributed by atoms with Gasteiger partial charge in [0, 0.05) is 8.32 Å². The molecule has 220 valence electrons. The van der Waals surface area contributed by atoms with Gasteiger partial charge in [0.15, 0.2) is 0 Å². The molecule has 9 atom stereocenters. The van der Waals surface area contributed by atoms with E-state index >= 15 is 0 Å². The van der Waals surface area contributed by atoms with Crippen molar-refractivity contribution in [2.24, 2.45) is 46.3 Å². The number of nitriles is 1. The normalized spacial score (nSPS) is 39.5. The molecule has 4 aliphatic carbocycles. The molecule has 1 aromatic carbocycles. The molecule has 5 rings (SSSR count). The van der Waals surface area contributed by atoms with E-state index in [1.807, 2.05) is 24.3 Å². The third-order valence-corrected chi connectivity index (χ3v) is 14.6. The topological polar surface area (TPSA) is 50.1 Å². The van der Waals surface area contributed by atoms with Crippen LogP contribution in [0.1, 0.15) is 122 Å².